The summed E-state index contributed by atoms with van der Waals surface area (Å²) in [5, 5.41) is 4.44. The van der Waals surface area contributed by atoms with E-state index in [0.29, 0.717) is 5.66 Å². The molecule has 4 aromatic carbocycles. The Bertz CT molecular complexity index is 978. The first-order valence-corrected chi connectivity index (χ1v) is 14.8. The molecule has 0 saturated heterocycles. The molecule has 0 aromatic heterocycles. The van der Waals surface area contributed by atoms with Crippen LogP contribution in [0.1, 0.15) is 63.1 Å². The van der Waals surface area contributed by atoms with Crippen molar-refractivity contribution in [2.24, 2.45) is 0 Å². The minimum atomic E-state index is -1.95. The highest BCUT2D eigenvalue weighted by Gasteiger charge is 2.52. The number of hydrogen-bond donors (Lipinski definition) is 0. The molecule has 0 fully saturated rings. The van der Waals surface area contributed by atoms with Crippen LogP contribution in [-0.2, 0) is 0 Å². The third-order valence-corrected chi connectivity index (χ3v) is 11.8. The zero-order valence-corrected chi connectivity index (χ0v) is 21.4. The second kappa shape index (κ2) is 12.7. The van der Waals surface area contributed by atoms with E-state index in [2.05, 4.69) is 128 Å². The highest BCUT2D eigenvalue weighted by molar-refractivity contribution is 7.96. The van der Waals surface area contributed by atoms with Crippen LogP contribution in [0.3, 0.4) is 0 Å². The minimum absolute atomic E-state index is 0.451. The first-order chi connectivity index (χ1) is 16.9. The van der Waals surface area contributed by atoms with E-state index in [9.17, 15) is 0 Å². The summed E-state index contributed by atoms with van der Waals surface area (Å²) in [4.78, 5) is 0. The van der Waals surface area contributed by atoms with Gasteiger partial charge in [-0.2, -0.15) is 0 Å². The SMILES string of the molecule is CCCCCCCCC(c1ccccc1)[P+](c1ccccc1)(c1ccccc1)c1ccccc1. The number of rotatable bonds is 12. The summed E-state index contributed by atoms with van der Waals surface area (Å²) in [6.45, 7) is 2.30. The van der Waals surface area contributed by atoms with E-state index < -0.39 is 7.26 Å². The van der Waals surface area contributed by atoms with Gasteiger partial charge < -0.3 is 0 Å². The molecule has 1 atom stereocenters. The summed E-state index contributed by atoms with van der Waals surface area (Å²) < 4.78 is 0. The average Bonchev–Trinajstić information content (AvgIpc) is 2.92. The fourth-order valence-electron chi connectivity index (χ4n) is 5.35. The minimum Gasteiger partial charge on any atom is -0.0654 e. The third kappa shape index (κ3) is 5.51. The summed E-state index contributed by atoms with van der Waals surface area (Å²) in [7, 11) is -1.95. The summed E-state index contributed by atoms with van der Waals surface area (Å²) in [5.41, 5.74) is 1.92. The monoisotopic (exact) mass is 465 g/mol. The third-order valence-electron chi connectivity index (χ3n) is 6.97. The van der Waals surface area contributed by atoms with Crippen LogP contribution in [0, 0.1) is 0 Å². The van der Waals surface area contributed by atoms with E-state index in [4.69, 9.17) is 0 Å². The molecule has 174 valence electrons. The molecule has 0 bridgehead atoms. The van der Waals surface area contributed by atoms with Crippen LogP contribution in [-0.4, -0.2) is 0 Å². The van der Waals surface area contributed by atoms with Gasteiger partial charge in [-0.1, -0.05) is 124 Å². The van der Waals surface area contributed by atoms with E-state index in [1.54, 1.807) is 0 Å². The van der Waals surface area contributed by atoms with Crippen LogP contribution in [0.15, 0.2) is 121 Å². The summed E-state index contributed by atoms with van der Waals surface area (Å²) in [6, 6.07) is 45.4. The molecule has 1 unspecified atom stereocenters. The van der Waals surface area contributed by atoms with Crippen LogP contribution in [0.25, 0.3) is 0 Å². The van der Waals surface area contributed by atoms with Crippen molar-refractivity contribution in [3.63, 3.8) is 0 Å². The lowest BCUT2D eigenvalue weighted by Crippen LogP contribution is -2.35. The predicted octanol–water partition coefficient (Wildman–Crippen LogP) is 8.47. The highest BCUT2D eigenvalue weighted by atomic mass is 31.2. The van der Waals surface area contributed by atoms with Gasteiger partial charge in [0.05, 0.1) is 0 Å². The molecular weight excluding hydrogens is 427 g/mol. The lowest BCUT2D eigenvalue weighted by Gasteiger charge is -2.35. The average molecular weight is 466 g/mol. The van der Waals surface area contributed by atoms with Gasteiger partial charge in [0.25, 0.3) is 0 Å². The fraction of sp³-hybridized carbons (Fsp3) is 0.273. The largest absolute Gasteiger partial charge is 0.119 e. The topological polar surface area (TPSA) is 0 Å². The van der Waals surface area contributed by atoms with Crippen molar-refractivity contribution in [3.8, 4) is 0 Å². The summed E-state index contributed by atoms with van der Waals surface area (Å²) in [5.74, 6) is 0. The zero-order valence-electron chi connectivity index (χ0n) is 20.5. The Morgan fingerprint density at radius 1 is 0.471 bits per heavy atom. The standard InChI is InChI=1S/C33H38P/c1-2-3-4-5-6-19-28-33(29-20-11-7-12-21-29)34(30-22-13-8-14-23-30,31-24-15-9-16-25-31)32-26-17-10-18-27-32/h7-18,20-27,33H,2-6,19,28H2,1H3/q+1. The van der Waals surface area contributed by atoms with Crippen molar-refractivity contribution in [2.45, 2.75) is 57.5 Å². The predicted molar refractivity (Wildman–Crippen MR) is 152 cm³/mol. The van der Waals surface area contributed by atoms with Gasteiger partial charge in [-0.05, 0) is 54.8 Å². The second-order valence-corrected chi connectivity index (χ2v) is 12.8. The smallest absolute Gasteiger partial charge is 0.0654 e. The van der Waals surface area contributed by atoms with Gasteiger partial charge in [-0.15, -0.1) is 0 Å². The van der Waals surface area contributed by atoms with Gasteiger partial charge in [0.1, 0.15) is 28.8 Å². The molecule has 0 aliphatic rings. The number of unbranched alkanes of at least 4 members (excludes halogenated alkanes) is 5. The van der Waals surface area contributed by atoms with E-state index in [0.717, 1.165) is 0 Å². The van der Waals surface area contributed by atoms with Gasteiger partial charge in [0, 0.05) is 0 Å². The van der Waals surface area contributed by atoms with Crippen LogP contribution < -0.4 is 15.9 Å². The van der Waals surface area contributed by atoms with Gasteiger partial charge >= 0.3 is 0 Å². The van der Waals surface area contributed by atoms with E-state index in [1.807, 2.05) is 0 Å². The maximum absolute atomic E-state index is 2.38. The molecule has 0 spiro atoms. The molecule has 1 heteroatoms. The maximum atomic E-state index is 2.38. The van der Waals surface area contributed by atoms with Crippen LogP contribution in [0.4, 0.5) is 0 Å². The Labute approximate surface area is 207 Å². The normalized spacial score (nSPS) is 12.4. The van der Waals surface area contributed by atoms with E-state index in [1.165, 1.54) is 66.4 Å². The molecule has 34 heavy (non-hydrogen) atoms. The van der Waals surface area contributed by atoms with Crippen LogP contribution >= 0.6 is 7.26 Å². The molecular formula is C33H38P+. The lowest BCUT2D eigenvalue weighted by atomic mass is 10.0. The van der Waals surface area contributed by atoms with Gasteiger partial charge in [-0.3, -0.25) is 0 Å². The molecule has 0 heterocycles. The molecule has 0 nitrogen and oxygen atoms in total. The van der Waals surface area contributed by atoms with Crippen molar-refractivity contribution >= 4 is 23.2 Å². The van der Waals surface area contributed by atoms with Gasteiger partial charge in [0.2, 0.25) is 0 Å². The molecule has 0 N–H and O–H groups in total. The molecule has 0 aliphatic heterocycles. The zero-order chi connectivity index (χ0) is 23.5. The lowest BCUT2D eigenvalue weighted by molar-refractivity contribution is 0.585. The molecule has 4 aromatic rings. The molecule has 0 radical (unpaired) electrons. The number of benzene rings is 4. The Balaban J connectivity index is 1.88. The number of hydrogen-bond acceptors (Lipinski definition) is 0. The Hall–Kier alpha value is -2.69. The first-order valence-electron chi connectivity index (χ1n) is 13.0. The Morgan fingerprint density at radius 3 is 1.29 bits per heavy atom. The van der Waals surface area contributed by atoms with Gasteiger partial charge in [-0.25, -0.2) is 0 Å². The molecule has 0 aliphatic carbocycles. The van der Waals surface area contributed by atoms with E-state index >= 15 is 0 Å². The van der Waals surface area contributed by atoms with Crippen molar-refractivity contribution in [1.82, 2.24) is 0 Å². The first kappa shape index (κ1) is 24.4. The highest BCUT2D eigenvalue weighted by Crippen LogP contribution is 2.68. The quantitative estimate of drug-likeness (QED) is 0.145. The van der Waals surface area contributed by atoms with E-state index in [-0.39, 0.29) is 0 Å². The van der Waals surface area contributed by atoms with Crippen molar-refractivity contribution in [3.05, 3.63) is 127 Å². The second-order valence-electron chi connectivity index (χ2n) is 9.21. The van der Waals surface area contributed by atoms with Crippen LogP contribution in [0.2, 0.25) is 0 Å². The van der Waals surface area contributed by atoms with Crippen molar-refractivity contribution in [2.75, 3.05) is 0 Å². The van der Waals surface area contributed by atoms with Crippen molar-refractivity contribution in [1.29, 1.82) is 0 Å². The van der Waals surface area contributed by atoms with Crippen LogP contribution in [0.5, 0.6) is 0 Å². The summed E-state index contributed by atoms with van der Waals surface area (Å²) >= 11 is 0. The van der Waals surface area contributed by atoms with Gasteiger partial charge in [0.15, 0.2) is 0 Å². The Morgan fingerprint density at radius 2 is 0.853 bits per heavy atom. The van der Waals surface area contributed by atoms with Crippen molar-refractivity contribution < 1.29 is 0 Å². The molecule has 0 amide bonds. The maximum Gasteiger partial charge on any atom is 0.119 e. The molecule has 0 saturated carbocycles. The molecule has 4 rings (SSSR count). The summed E-state index contributed by atoms with van der Waals surface area (Å²) in [6.07, 6.45) is 9.18. The fourth-order valence-corrected chi connectivity index (χ4v) is 10.4. The Kier molecular flexibility index (Phi) is 9.12.